The van der Waals surface area contributed by atoms with E-state index in [2.05, 4.69) is 26.8 Å². The normalized spacial score (nSPS) is 13.1. The van der Waals surface area contributed by atoms with Crippen LogP contribution in [0.15, 0.2) is 24.3 Å². The monoisotopic (exact) mass is 564 g/mol. The van der Waals surface area contributed by atoms with E-state index in [0.29, 0.717) is 19.3 Å². The summed E-state index contributed by atoms with van der Waals surface area (Å²) in [6, 6.07) is 0. The number of carbonyl (C=O) groups is 3. The Morgan fingerprint density at radius 1 is 0.675 bits per heavy atom. The predicted molar refractivity (Wildman–Crippen MR) is 164 cm³/mol. The second kappa shape index (κ2) is 28.6. The third kappa shape index (κ3) is 27.6. The highest BCUT2D eigenvalue weighted by molar-refractivity contribution is 5.89. The van der Waals surface area contributed by atoms with Gasteiger partial charge in [-0.05, 0) is 44.1 Å². The topological polar surface area (TPSA) is 89.9 Å². The van der Waals surface area contributed by atoms with Crippen molar-refractivity contribution in [2.45, 2.75) is 155 Å². The molecule has 0 aliphatic rings. The van der Waals surface area contributed by atoms with Gasteiger partial charge in [-0.25, -0.2) is 0 Å². The Morgan fingerprint density at radius 2 is 1.20 bits per heavy atom. The first-order valence-corrected chi connectivity index (χ1v) is 16.2. The number of allylic oxidation sites excluding steroid dienone is 4. The fourth-order valence-electron chi connectivity index (χ4n) is 4.28. The van der Waals surface area contributed by atoms with Crippen LogP contribution in [0.25, 0.3) is 0 Å². The van der Waals surface area contributed by atoms with Crippen molar-refractivity contribution in [2.24, 2.45) is 5.92 Å². The van der Waals surface area contributed by atoms with Crippen molar-refractivity contribution in [1.29, 1.82) is 0 Å². The van der Waals surface area contributed by atoms with Crippen LogP contribution < -0.4 is 0 Å². The van der Waals surface area contributed by atoms with Crippen molar-refractivity contribution in [1.82, 2.24) is 0 Å². The van der Waals surface area contributed by atoms with Crippen LogP contribution in [0.1, 0.15) is 149 Å². The molecule has 0 aromatic carbocycles. The van der Waals surface area contributed by atoms with Crippen molar-refractivity contribution in [3.05, 3.63) is 24.3 Å². The average molecular weight is 565 g/mol. The van der Waals surface area contributed by atoms with E-state index >= 15 is 0 Å². The molecule has 0 saturated heterocycles. The molecule has 0 aromatic rings. The van der Waals surface area contributed by atoms with Crippen LogP contribution in [0.4, 0.5) is 0 Å². The molecular formula is C34H60O6. The zero-order valence-corrected chi connectivity index (χ0v) is 26.0. The van der Waals surface area contributed by atoms with Gasteiger partial charge in [0.25, 0.3) is 0 Å². The molecule has 1 unspecified atom stereocenters. The second-order valence-electron chi connectivity index (χ2n) is 11.2. The molecule has 0 spiro atoms. The molecule has 0 rings (SSSR count). The summed E-state index contributed by atoms with van der Waals surface area (Å²) < 4.78 is 10.2. The zero-order valence-electron chi connectivity index (χ0n) is 26.0. The molecule has 0 bridgehead atoms. The molecule has 0 radical (unpaired) electrons. The first-order valence-electron chi connectivity index (χ1n) is 16.2. The summed E-state index contributed by atoms with van der Waals surface area (Å²) in [6.45, 7) is 6.39. The molecule has 0 heterocycles. The molecule has 0 saturated carbocycles. The number of carbonyl (C=O) groups excluding carboxylic acids is 3. The van der Waals surface area contributed by atoms with Gasteiger partial charge >= 0.3 is 11.9 Å². The van der Waals surface area contributed by atoms with E-state index in [1.54, 1.807) is 6.08 Å². The quantitative estimate of drug-likeness (QED) is 0.0443. The van der Waals surface area contributed by atoms with Gasteiger partial charge in [0.05, 0.1) is 0 Å². The number of esters is 2. The average Bonchev–Trinajstić information content (AvgIpc) is 2.94. The summed E-state index contributed by atoms with van der Waals surface area (Å²) in [6.07, 6.45) is 26.4. The molecule has 2 atom stereocenters. The summed E-state index contributed by atoms with van der Waals surface area (Å²) in [5, 5.41) is 9.93. The third-order valence-corrected chi connectivity index (χ3v) is 7.21. The maximum absolute atomic E-state index is 11.9. The summed E-state index contributed by atoms with van der Waals surface area (Å²) >= 11 is 0. The fraction of sp³-hybridized carbons (Fsp3) is 0.794. The minimum atomic E-state index is -0.986. The van der Waals surface area contributed by atoms with Crippen LogP contribution in [0.3, 0.4) is 0 Å². The summed E-state index contributed by atoms with van der Waals surface area (Å²) in [5.41, 5.74) is 0. The van der Waals surface area contributed by atoms with E-state index < -0.39 is 6.10 Å². The van der Waals surface area contributed by atoms with Gasteiger partial charge in [-0.15, -0.1) is 0 Å². The lowest BCUT2D eigenvalue weighted by molar-refractivity contribution is -0.152. The second-order valence-corrected chi connectivity index (χ2v) is 11.2. The van der Waals surface area contributed by atoms with E-state index in [1.165, 1.54) is 32.1 Å². The van der Waals surface area contributed by atoms with E-state index in [4.69, 9.17) is 9.47 Å². The molecule has 232 valence electrons. The maximum atomic E-state index is 11.9. The lowest BCUT2D eigenvalue weighted by Crippen LogP contribution is -2.25. The van der Waals surface area contributed by atoms with Gasteiger partial charge in [0.2, 0.25) is 0 Å². The number of unbranched alkanes of at least 4 members (excludes halogenated alkanes) is 12. The Morgan fingerprint density at radius 3 is 1.77 bits per heavy atom. The molecule has 0 aliphatic heterocycles. The van der Waals surface area contributed by atoms with Crippen LogP contribution in [-0.2, 0) is 23.9 Å². The molecule has 6 heteroatoms. The largest absolute Gasteiger partial charge is 0.463 e. The molecule has 6 nitrogen and oxygen atoms in total. The smallest absolute Gasteiger partial charge is 0.305 e. The number of aliphatic hydroxyl groups excluding tert-OH is 1. The predicted octanol–water partition coefficient (Wildman–Crippen LogP) is 8.59. The SMILES string of the molecule is CCCCCC(=O)/C=C/C=C\CCCCCCCC(=O)OC[C@H](O)COC(=O)CCCCCCCCC(C)CC. The van der Waals surface area contributed by atoms with Crippen molar-refractivity contribution < 1.29 is 29.0 Å². The number of ketones is 1. The minimum absolute atomic E-state index is 0.138. The molecule has 0 aromatic heterocycles. The van der Waals surface area contributed by atoms with Gasteiger partial charge in [0.1, 0.15) is 19.3 Å². The van der Waals surface area contributed by atoms with Crippen molar-refractivity contribution in [3.8, 4) is 0 Å². The van der Waals surface area contributed by atoms with Crippen LogP contribution in [0.5, 0.6) is 0 Å². The summed E-state index contributed by atoms with van der Waals surface area (Å²) in [4.78, 5) is 35.4. The summed E-state index contributed by atoms with van der Waals surface area (Å²) in [5.74, 6) is 0.390. The molecule has 1 N–H and O–H groups in total. The van der Waals surface area contributed by atoms with Crippen molar-refractivity contribution >= 4 is 17.7 Å². The van der Waals surface area contributed by atoms with E-state index in [9.17, 15) is 19.5 Å². The van der Waals surface area contributed by atoms with Gasteiger partial charge in [0.15, 0.2) is 5.78 Å². The highest BCUT2D eigenvalue weighted by atomic mass is 16.6. The Bertz CT molecular complexity index is 684. The molecule has 0 fully saturated rings. The Hall–Kier alpha value is -1.95. The Labute approximate surface area is 245 Å². The van der Waals surface area contributed by atoms with Crippen LogP contribution in [-0.4, -0.2) is 42.1 Å². The number of ether oxygens (including phenoxy) is 2. The summed E-state index contributed by atoms with van der Waals surface area (Å²) in [7, 11) is 0. The highest BCUT2D eigenvalue weighted by Crippen LogP contribution is 2.14. The lowest BCUT2D eigenvalue weighted by Gasteiger charge is -2.12. The van der Waals surface area contributed by atoms with Gasteiger partial charge < -0.3 is 14.6 Å². The van der Waals surface area contributed by atoms with Crippen LogP contribution >= 0.6 is 0 Å². The number of hydrogen-bond acceptors (Lipinski definition) is 6. The number of hydrogen-bond donors (Lipinski definition) is 1. The number of rotatable bonds is 28. The molecule has 40 heavy (non-hydrogen) atoms. The molecular weight excluding hydrogens is 504 g/mol. The van der Waals surface area contributed by atoms with Crippen LogP contribution in [0, 0.1) is 5.92 Å². The molecule has 0 amide bonds. The number of aliphatic hydroxyl groups is 1. The van der Waals surface area contributed by atoms with E-state index in [1.807, 2.05) is 12.2 Å². The van der Waals surface area contributed by atoms with Crippen LogP contribution in [0.2, 0.25) is 0 Å². The van der Waals surface area contributed by atoms with Gasteiger partial charge in [-0.2, -0.15) is 0 Å². The Kier molecular flexibility index (Phi) is 27.2. The standard InChI is InChI=1S/C34H60O6/c1-4-6-18-24-31(35)25-20-15-10-8-7-9-11-16-21-26-33(37)39-28-32(36)29-40-34(38)27-22-17-13-12-14-19-23-30(3)5-2/h10,15,20,25,30,32,36H,4-9,11-14,16-19,21-24,26-29H2,1-3H3/b15-10-,25-20+/t30?,32-/m0/s1. The van der Waals surface area contributed by atoms with Gasteiger partial charge in [0, 0.05) is 19.3 Å². The lowest BCUT2D eigenvalue weighted by atomic mass is 10.00. The van der Waals surface area contributed by atoms with Crippen molar-refractivity contribution in [2.75, 3.05) is 13.2 Å². The minimum Gasteiger partial charge on any atom is -0.463 e. The molecule has 0 aliphatic carbocycles. The van der Waals surface area contributed by atoms with Gasteiger partial charge in [-0.1, -0.05) is 116 Å². The zero-order chi connectivity index (χ0) is 29.7. The van der Waals surface area contributed by atoms with Gasteiger partial charge in [-0.3, -0.25) is 14.4 Å². The third-order valence-electron chi connectivity index (χ3n) is 7.21. The first-order chi connectivity index (χ1) is 19.4. The van der Waals surface area contributed by atoms with E-state index in [0.717, 1.165) is 83.0 Å². The fourth-order valence-corrected chi connectivity index (χ4v) is 4.28. The maximum Gasteiger partial charge on any atom is 0.305 e. The highest BCUT2D eigenvalue weighted by Gasteiger charge is 2.12. The Balaban J connectivity index is 3.56. The van der Waals surface area contributed by atoms with Crippen molar-refractivity contribution in [3.63, 3.8) is 0 Å². The van der Waals surface area contributed by atoms with E-state index in [-0.39, 0.29) is 30.9 Å². The first kappa shape index (κ1) is 38.0.